The number of nitrogens with one attached hydrogen (secondary N) is 1. The minimum absolute atomic E-state index is 0.00830. The molecule has 0 aliphatic carbocycles. The van der Waals surface area contributed by atoms with Crippen molar-refractivity contribution < 1.29 is 23.9 Å². The van der Waals surface area contributed by atoms with Gasteiger partial charge >= 0.3 is 5.97 Å². The number of carboxylic acids is 1. The molecular formula is C15H13FN2O4S. The third-order valence-corrected chi connectivity index (χ3v) is 5.18. The van der Waals surface area contributed by atoms with Crippen LogP contribution in [-0.2, 0) is 9.59 Å². The third-order valence-electron chi connectivity index (χ3n) is 3.75. The Kier molecular flexibility index (Phi) is 3.85. The quantitative estimate of drug-likeness (QED) is 0.810. The average molecular weight is 336 g/mol. The van der Waals surface area contributed by atoms with E-state index in [1.54, 1.807) is 6.92 Å². The fourth-order valence-electron chi connectivity index (χ4n) is 2.60. The van der Waals surface area contributed by atoms with Crippen molar-refractivity contribution in [1.82, 2.24) is 10.2 Å². The fourth-order valence-corrected chi connectivity index (χ4v) is 3.89. The summed E-state index contributed by atoms with van der Waals surface area (Å²) in [6.07, 6.45) is 0. The number of benzene rings is 1. The van der Waals surface area contributed by atoms with Crippen LogP contribution in [-0.4, -0.2) is 45.0 Å². The third kappa shape index (κ3) is 2.59. The van der Waals surface area contributed by atoms with Gasteiger partial charge in [0.25, 0.3) is 11.8 Å². The first-order valence-corrected chi connectivity index (χ1v) is 7.89. The van der Waals surface area contributed by atoms with Crippen LogP contribution in [0.3, 0.4) is 0 Å². The highest BCUT2D eigenvalue weighted by Crippen LogP contribution is 2.40. The molecular weight excluding hydrogens is 323 g/mol. The van der Waals surface area contributed by atoms with Crippen molar-refractivity contribution in [3.05, 3.63) is 46.9 Å². The minimum Gasteiger partial charge on any atom is -0.477 e. The van der Waals surface area contributed by atoms with Gasteiger partial charge < -0.3 is 10.4 Å². The molecule has 0 aromatic heterocycles. The fraction of sp³-hybridized carbons (Fsp3) is 0.267. The number of halogens is 1. The molecule has 2 amide bonds. The topological polar surface area (TPSA) is 86.7 Å². The van der Waals surface area contributed by atoms with Gasteiger partial charge in [-0.25, -0.2) is 9.18 Å². The maximum atomic E-state index is 12.9. The molecule has 0 bridgehead atoms. The van der Waals surface area contributed by atoms with Crippen LogP contribution in [0.1, 0.15) is 17.3 Å². The molecule has 2 aliphatic rings. The summed E-state index contributed by atoms with van der Waals surface area (Å²) < 4.78 is 12.9. The molecule has 6 nitrogen and oxygen atoms in total. The number of carbonyl (C=O) groups excluding carboxylic acids is 2. The van der Waals surface area contributed by atoms with Crippen LogP contribution in [0, 0.1) is 5.82 Å². The Bertz CT molecular complexity index is 731. The second-order valence-corrected chi connectivity index (χ2v) is 6.41. The lowest BCUT2D eigenvalue weighted by Crippen LogP contribution is -2.70. The van der Waals surface area contributed by atoms with Crippen LogP contribution >= 0.6 is 11.8 Å². The van der Waals surface area contributed by atoms with E-state index in [2.05, 4.69) is 5.32 Å². The molecule has 0 spiro atoms. The number of β-lactam (4-membered cyclic amide) rings is 1. The lowest BCUT2D eigenvalue weighted by Gasteiger charge is -2.49. The second-order valence-electron chi connectivity index (χ2n) is 5.30. The van der Waals surface area contributed by atoms with Crippen molar-refractivity contribution in [1.29, 1.82) is 0 Å². The second kappa shape index (κ2) is 5.69. The number of fused-ring (bicyclic) bond motifs is 1. The number of carboxylic acid groups (broad SMARTS) is 1. The maximum absolute atomic E-state index is 12.9. The highest BCUT2D eigenvalue weighted by atomic mass is 32.2. The molecule has 2 N–H and O–H groups in total. The number of carbonyl (C=O) groups is 3. The van der Waals surface area contributed by atoms with Gasteiger partial charge in [-0.15, -0.1) is 11.8 Å². The summed E-state index contributed by atoms with van der Waals surface area (Å²) in [7, 11) is 0. The average Bonchev–Trinajstić information content (AvgIpc) is 2.52. The van der Waals surface area contributed by atoms with Crippen molar-refractivity contribution >= 4 is 29.5 Å². The van der Waals surface area contributed by atoms with Gasteiger partial charge in [0.15, 0.2) is 0 Å². The standard InChI is InChI=1S/C15H13FN2O4S/c1-7-6-23-14-10(13(20)18(14)11(7)15(21)22)17-12(19)8-2-4-9(16)5-3-8/h2-5,10,14H,6H2,1H3,(H,17,19)(H,21,22)/t10-,14-/m0/s1. The van der Waals surface area contributed by atoms with Gasteiger partial charge in [0.05, 0.1) is 0 Å². The Morgan fingerprint density at radius 2 is 2.00 bits per heavy atom. The SMILES string of the molecule is CC1=C(C(=O)O)N2C(=O)[C@H](NC(=O)c3ccc(F)cc3)[C@@H]2SC1. The van der Waals surface area contributed by atoms with E-state index < -0.39 is 35.0 Å². The first kappa shape index (κ1) is 15.5. The monoisotopic (exact) mass is 336 g/mol. The zero-order valence-corrected chi connectivity index (χ0v) is 12.9. The van der Waals surface area contributed by atoms with Gasteiger partial charge in [-0.1, -0.05) is 0 Å². The molecule has 1 saturated heterocycles. The molecule has 2 heterocycles. The maximum Gasteiger partial charge on any atom is 0.352 e. The Hall–Kier alpha value is -2.35. The minimum atomic E-state index is -1.15. The molecule has 0 radical (unpaired) electrons. The number of amides is 2. The highest BCUT2D eigenvalue weighted by molar-refractivity contribution is 8.00. The van der Waals surface area contributed by atoms with E-state index in [9.17, 15) is 23.9 Å². The Morgan fingerprint density at radius 1 is 1.35 bits per heavy atom. The van der Waals surface area contributed by atoms with E-state index in [-0.39, 0.29) is 11.3 Å². The van der Waals surface area contributed by atoms with E-state index in [0.29, 0.717) is 11.3 Å². The van der Waals surface area contributed by atoms with Crippen LogP contribution in [0.5, 0.6) is 0 Å². The zero-order chi connectivity index (χ0) is 16.7. The van der Waals surface area contributed by atoms with E-state index in [1.807, 2.05) is 0 Å². The molecule has 2 atom stereocenters. The number of thioether (sulfide) groups is 1. The number of hydrogen-bond acceptors (Lipinski definition) is 4. The molecule has 1 fully saturated rings. The lowest BCUT2D eigenvalue weighted by molar-refractivity contribution is -0.148. The van der Waals surface area contributed by atoms with Crippen molar-refractivity contribution in [3.8, 4) is 0 Å². The van der Waals surface area contributed by atoms with Gasteiger partial charge in [0.1, 0.15) is 22.9 Å². The van der Waals surface area contributed by atoms with Gasteiger partial charge in [0, 0.05) is 11.3 Å². The van der Waals surface area contributed by atoms with E-state index in [1.165, 1.54) is 28.8 Å². The summed E-state index contributed by atoms with van der Waals surface area (Å²) in [4.78, 5) is 36.8. The Morgan fingerprint density at radius 3 is 2.61 bits per heavy atom. The molecule has 1 aromatic carbocycles. The predicted molar refractivity (Wildman–Crippen MR) is 81.1 cm³/mol. The molecule has 3 rings (SSSR count). The van der Waals surface area contributed by atoms with E-state index in [4.69, 9.17) is 0 Å². The molecule has 120 valence electrons. The van der Waals surface area contributed by atoms with Gasteiger partial charge in [-0.05, 0) is 36.8 Å². The number of nitrogens with zero attached hydrogens (tertiary/aromatic N) is 1. The molecule has 23 heavy (non-hydrogen) atoms. The molecule has 2 aliphatic heterocycles. The summed E-state index contributed by atoms with van der Waals surface area (Å²) >= 11 is 1.40. The van der Waals surface area contributed by atoms with Gasteiger partial charge in [0.2, 0.25) is 0 Å². The number of rotatable bonds is 3. The van der Waals surface area contributed by atoms with Crippen molar-refractivity contribution in [2.45, 2.75) is 18.3 Å². The number of aliphatic carboxylic acids is 1. The van der Waals surface area contributed by atoms with Crippen LogP contribution in [0.4, 0.5) is 4.39 Å². The predicted octanol–water partition coefficient (Wildman–Crippen LogP) is 1.20. The zero-order valence-electron chi connectivity index (χ0n) is 12.1. The summed E-state index contributed by atoms with van der Waals surface area (Å²) in [6.45, 7) is 1.67. The lowest BCUT2D eigenvalue weighted by atomic mass is 10.0. The summed E-state index contributed by atoms with van der Waals surface area (Å²) in [5.41, 5.74) is 0.852. The Balaban J connectivity index is 1.75. The van der Waals surface area contributed by atoms with E-state index in [0.717, 1.165) is 12.1 Å². The van der Waals surface area contributed by atoms with Crippen molar-refractivity contribution in [2.24, 2.45) is 0 Å². The summed E-state index contributed by atoms with van der Waals surface area (Å²) in [5, 5.41) is 11.4. The van der Waals surface area contributed by atoms with E-state index >= 15 is 0 Å². The molecule has 8 heteroatoms. The summed E-state index contributed by atoms with van der Waals surface area (Å²) in [5.74, 6) is -2.06. The smallest absolute Gasteiger partial charge is 0.352 e. The first-order chi connectivity index (χ1) is 10.9. The van der Waals surface area contributed by atoms with Gasteiger partial charge in [-0.3, -0.25) is 14.5 Å². The van der Waals surface area contributed by atoms with Crippen LogP contribution < -0.4 is 5.32 Å². The number of hydrogen-bond donors (Lipinski definition) is 2. The van der Waals surface area contributed by atoms with Crippen LogP contribution in [0.2, 0.25) is 0 Å². The molecule has 0 unspecified atom stereocenters. The van der Waals surface area contributed by atoms with Crippen LogP contribution in [0.25, 0.3) is 0 Å². The normalized spacial score (nSPS) is 23.2. The molecule has 1 aromatic rings. The van der Waals surface area contributed by atoms with Crippen LogP contribution in [0.15, 0.2) is 35.5 Å². The largest absolute Gasteiger partial charge is 0.477 e. The van der Waals surface area contributed by atoms with Crippen molar-refractivity contribution in [3.63, 3.8) is 0 Å². The molecule has 0 saturated carbocycles. The van der Waals surface area contributed by atoms with Crippen molar-refractivity contribution in [2.75, 3.05) is 5.75 Å². The summed E-state index contributed by atoms with van der Waals surface area (Å²) in [6, 6.07) is 4.19. The first-order valence-electron chi connectivity index (χ1n) is 6.84. The van der Waals surface area contributed by atoms with Gasteiger partial charge in [-0.2, -0.15) is 0 Å². The highest BCUT2D eigenvalue weighted by Gasteiger charge is 2.53. The Labute approximate surface area is 135 Å².